The molecule has 5 nitrogen and oxygen atoms in total. The summed E-state index contributed by atoms with van der Waals surface area (Å²) in [5.74, 6) is -1.06. The minimum absolute atomic E-state index is 0.0357. The second-order valence-electron chi connectivity index (χ2n) is 5.54. The summed E-state index contributed by atoms with van der Waals surface area (Å²) < 4.78 is 17.9. The molecule has 0 heterocycles. The molecule has 0 fully saturated rings. The van der Waals surface area contributed by atoms with E-state index >= 15 is 0 Å². The molecule has 1 aromatic rings. The minimum Gasteiger partial charge on any atom is -0.466 e. The number of ketones is 1. The summed E-state index contributed by atoms with van der Waals surface area (Å²) in [5, 5.41) is 3.11. The lowest BCUT2D eigenvalue weighted by molar-refractivity contribution is -0.143. The van der Waals surface area contributed by atoms with Gasteiger partial charge in [-0.15, -0.1) is 0 Å². The van der Waals surface area contributed by atoms with Gasteiger partial charge in [-0.05, 0) is 64.8 Å². The molecule has 0 bridgehead atoms. The van der Waals surface area contributed by atoms with E-state index in [1.54, 1.807) is 6.92 Å². The summed E-state index contributed by atoms with van der Waals surface area (Å²) in [6.07, 6.45) is 0.815. The molecule has 1 atom stereocenters. The molecule has 1 aromatic carbocycles. The molecule has 0 amide bonds. The molecule has 6 heteroatoms. The number of esters is 1. The SMILES string of the molecule is CCOC(=O)CC(NCCCN(C)C)C(=O)c1ccc(F)cc1. The van der Waals surface area contributed by atoms with E-state index in [4.69, 9.17) is 4.74 Å². The second-order valence-corrected chi connectivity index (χ2v) is 5.54. The molecule has 0 aliphatic carbocycles. The van der Waals surface area contributed by atoms with E-state index in [0.717, 1.165) is 13.0 Å². The Kier molecular flexibility index (Phi) is 8.43. The Morgan fingerprint density at radius 1 is 1.26 bits per heavy atom. The smallest absolute Gasteiger partial charge is 0.307 e. The lowest BCUT2D eigenvalue weighted by atomic mass is 10.0. The number of hydrogen-bond donors (Lipinski definition) is 1. The van der Waals surface area contributed by atoms with Gasteiger partial charge in [0.2, 0.25) is 0 Å². The van der Waals surface area contributed by atoms with Crippen LogP contribution in [0, 0.1) is 5.82 Å². The van der Waals surface area contributed by atoms with E-state index in [2.05, 4.69) is 5.32 Å². The van der Waals surface area contributed by atoms with Crippen molar-refractivity contribution >= 4 is 11.8 Å². The monoisotopic (exact) mass is 324 g/mol. The second kappa shape index (κ2) is 10.1. The van der Waals surface area contributed by atoms with Crippen LogP contribution >= 0.6 is 0 Å². The number of nitrogens with one attached hydrogen (secondary N) is 1. The number of rotatable bonds is 10. The first-order chi connectivity index (χ1) is 10.9. The van der Waals surface area contributed by atoms with Crippen molar-refractivity contribution in [2.75, 3.05) is 33.8 Å². The zero-order chi connectivity index (χ0) is 17.2. The predicted molar refractivity (Wildman–Crippen MR) is 86.9 cm³/mol. The maximum Gasteiger partial charge on any atom is 0.307 e. The van der Waals surface area contributed by atoms with Crippen LogP contribution < -0.4 is 5.32 Å². The molecular weight excluding hydrogens is 299 g/mol. The van der Waals surface area contributed by atoms with Crippen molar-refractivity contribution in [3.05, 3.63) is 35.6 Å². The van der Waals surface area contributed by atoms with Gasteiger partial charge in [-0.1, -0.05) is 0 Å². The van der Waals surface area contributed by atoms with Gasteiger partial charge in [-0.3, -0.25) is 9.59 Å². The van der Waals surface area contributed by atoms with Gasteiger partial charge in [0.1, 0.15) is 5.82 Å². The van der Waals surface area contributed by atoms with Crippen LogP contribution in [0.4, 0.5) is 4.39 Å². The van der Waals surface area contributed by atoms with Gasteiger partial charge in [0.05, 0.1) is 19.1 Å². The molecule has 1 unspecified atom stereocenters. The number of carbonyl (C=O) groups excluding carboxylic acids is 2. The highest BCUT2D eigenvalue weighted by atomic mass is 19.1. The standard InChI is InChI=1S/C17H25FN2O3/c1-4-23-16(21)12-15(19-10-5-11-20(2)3)17(22)13-6-8-14(18)9-7-13/h6-9,15,19H,4-5,10-12H2,1-3H3. The molecule has 23 heavy (non-hydrogen) atoms. The fourth-order valence-electron chi connectivity index (χ4n) is 2.13. The van der Waals surface area contributed by atoms with Crippen LogP contribution in [0.3, 0.4) is 0 Å². The summed E-state index contributed by atoms with van der Waals surface area (Å²) in [6.45, 7) is 3.48. The quantitative estimate of drug-likeness (QED) is 0.404. The van der Waals surface area contributed by atoms with Crippen molar-refractivity contribution in [3.63, 3.8) is 0 Å². The van der Waals surface area contributed by atoms with Gasteiger partial charge in [-0.25, -0.2) is 4.39 Å². The maximum atomic E-state index is 13.0. The summed E-state index contributed by atoms with van der Waals surface area (Å²) in [5.41, 5.74) is 0.376. The van der Waals surface area contributed by atoms with E-state index in [1.165, 1.54) is 24.3 Å². The van der Waals surface area contributed by atoms with E-state index in [-0.39, 0.29) is 18.8 Å². The third-order valence-corrected chi connectivity index (χ3v) is 3.29. The Labute approximate surface area is 136 Å². The summed E-state index contributed by atoms with van der Waals surface area (Å²) >= 11 is 0. The summed E-state index contributed by atoms with van der Waals surface area (Å²) in [6, 6.07) is 4.66. The lowest BCUT2D eigenvalue weighted by Gasteiger charge is -2.18. The van der Waals surface area contributed by atoms with Crippen molar-refractivity contribution in [1.82, 2.24) is 10.2 Å². The number of nitrogens with zero attached hydrogens (tertiary/aromatic N) is 1. The zero-order valence-electron chi connectivity index (χ0n) is 14.0. The number of hydrogen-bond acceptors (Lipinski definition) is 5. The van der Waals surface area contributed by atoms with Gasteiger partial charge in [0.25, 0.3) is 0 Å². The Bertz CT molecular complexity index is 503. The molecule has 0 saturated heterocycles. The van der Waals surface area contributed by atoms with Gasteiger partial charge < -0.3 is 15.0 Å². The first-order valence-corrected chi connectivity index (χ1v) is 7.77. The third kappa shape index (κ3) is 7.34. The average molecular weight is 324 g/mol. The molecule has 128 valence electrons. The van der Waals surface area contributed by atoms with Crippen LogP contribution in [0.2, 0.25) is 0 Å². The van der Waals surface area contributed by atoms with Crippen molar-refractivity contribution in [2.24, 2.45) is 0 Å². The highest BCUT2D eigenvalue weighted by Crippen LogP contribution is 2.09. The first-order valence-electron chi connectivity index (χ1n) is 7.77. The van der Waals surface area contributed by atoms with Crippen molar-refractivity contribution in [1.29, 1.82) is 0 Å². The molecular formula is C17H25FN2O3. The largest absolute Gasteiger partial charge is 0.466 e. The van der Waals surface area contributed by atoms with Crippen LogP contribution in [0.1, 0.15) is 30.1 Å². The molecule has 0 spiro atoms. The van der Waals surface area contributed by atoms with Gasteiger partial charge in [0.15, 0.2) is 5.78 Å². The number of ether oxygens (including phenoxy) is 1. The Morgan fingerprint density at radius 3 is 2.48 bits per heavy atom. The van der Waals surface area contributed by atoms with Gasteiger partial charge in [-0.2, -0.15) is 0 Å². The van der Waals surface area contributed by atoms with E-state index < -0.39 is 17.8 Å². The Hall–Kier alpha value is -1.79. The summed E-state index contributed by atoms with van der Waals surface area (Å²) in [7, 11) is 3.94. The molecule has 1 N–H and O–H groups in total. The predicted octanol–water partition coefficient (Wildman–Crippen LogP) is 1.87. The zero-order valence-corrected chi connectivity index (χ0v) is 14.0. The van der Waals surface area contributed by atoms with Crippen LogP contribution in [-0.2, 0) is 9.53 Å². The third-order valence-electron chi connectivity index (χ3n) is 3.29. The topological polar surface area (TPSA) is 58.6 Å². The van der Waals surface area contributed by atoms with E-state index in [9.17, 15) is 14.0 Å². The van der Waals surface area contributed by atoms with Crippen molar-refractivity contribution in [2.45, 2.75) is 25.8 Å². The Balaban J connectivity index is 2.70. The van der Waals surface area contributed by atoms with Crippen molar-refractivity contribution < 1.29 is 18.7 Å². The maximum absolute atomic E-state index is 13.0. The number of Topliss-reactive ketones (excluding diaryl/α,β-unsaturated/α-hetero) is 1. The molecule has 0 saturated carbocycles. The highest BCUT2D eigenvalue weighted by Gasteiger charge is 2.23. The van der Waals surface area contributed by atoms with Crippen LogP contribution in [-0.4, -0.2) is 56.5 Å². The molecule has 0 aromatic heterocycles. The number of benzene rings is 1. The Morgan fingerprint density at radius 2 is 1.91 bits per heavy atom. The molecule has 0 radical (unpaired) electrons. The minimum atomic E-state index is -0.665. The van der Waals surface area contributed by atoms with Gasteiger partial charge in [0, 0.05) is 5.56 Å². The fraction of sp³-hybridized carbons (Fsp3) is 0.529. The molecule has 0 aliphatic heterocycles. The molecule has 0 aliphatic rings. The highest BCUT2D eigenvalue weighted by molar-refractivity contribution is 6.01. The normalized spacial score (nSPS) is 12.2. The first kappa shape index (κ1) is 19.3. The molecule has 1 rings (SSSR count). The van der Waals surface area contributed by atoms with Gasteiger partial charge >= 0.3 is 5.97 Å². The summed E-state index contributed by atoms with van der Waals surface area (Å²) in [4.78, 5) is 26.3. The number of halogens is 1. The van der Waals surface area contributed by atoms with Crippen molar-refractivity contribution in [3.8, 4) is 0 Å². The van der Waals surface area contributed by atoms with Crippen LogP contribution in [0.25, 0.3) is 0 Å². The fourth-order valence-corrected chi connectivity index (χ4v) is 2.13. The van der Waals surface area contributed by atoms with E-state index in [0.29, 0.717) is 12.1 Å². The number of carbonyl (C=O) groups is 2. The van der Waals surface area contributed by atoms with Crippen LogP contribution in [0.15, 0.2) is 24.3 Å². The lowest BCUT2D eigenvalue weighted by Crippen LogP contribution is -2.40. The van der Waals surface area contributed by atoms with Crippen LogP contribution in [0.5, 0.6) is 0 Å². The van der Waals surface area contributed by atoms with E-state index in [1.807, 2.05) is 19.0 Å². The average Bonchev–Trinajstić information content (AvgIpc) is 2.50.